The first-order valence-electron chi connectivity index (χ1n) is 7.01. The SMILES string of the molecule is CN=C(NCc1ccc(C(N)=O)o1)N(C)Cc1cc(Cl)cn1C. The normalized spacial score (nSPS) is 11.6. The molecule has 0 bridgehead atoms. The van der Waals surface area contributed by atoms with Gasteiger partial charge in [0.05, 0.1) is 18.1 Å². The number of aromatic nitrogens is 1. The number of rotatable bonds is 5. The lowest BCUT2D eigenvalue weighted by Crippen LogP contribution is -2.38. The van der Waals surface area contributed by atoms with Crippen molar-refractivity contribution in [3.63, 3.8) is 0 Å². The molecule has 1 amide bonds. The highest BCUT2D eigenvalue weighted by molar-refractivity contribution is 6.30. The van der Waals surface area contributed by atoms with Crippen LogP contribution < -0.4 is 11.1 Å². The number of aryl methyl sites for hydroxylation is 1. The number of aliphatic imine (C=N–C) groups is 1. The summed E-state index contributed by atoms with van der Waals surface area (Å²) in [6.45, 7) is 1.05. The molecule has 2 aromatic rings. The van der Waals surface area contributed by atoms with Gasteiger partial charge in [-0.2, -0.15) is 0 Å². The van der Waals surface area contributed by atoms with Gasteiger partial charge in [-0.3, -0.25) is 9.79 Å². The summed E-state index contributed by atoms with van der Waals surface area (Å²) in [6.07, 6.45) is 1.86. The first-order valence-corrected chi connectivity index (χ1v) is 7.39. The largest absolute Gasteiger partial charge is 0.454 e. The smallest absolute Gasteiger partial charge is 0.284 e. The monoisotopic (exact) mass is 337 g/mol. The Kier molecular flexibility index (Phi) is 5.33. The van der Waals surface area contributed by atoms with Crippen molar-refractivity contribution in [2.45, 2.75) is 13.1 Å². The second-order valence-corrected chi connectivity index (χ2v) is 5.58. The first-order chi connectivity index (χ1) is 10.9. The second-order valence-electron chi connectivity index (χ2n) is 5.15. The van der Waals surface area contributed by atoms with Crippen molar-refractivity contribution in [2.24, 2.45) is 17.8 Å². The van der Waals surface area contributed by atoms with Crippen LogP contribution in [0.3, 0.4) is 0 Å². The van der Waals surface area contributed by atoms with Crippen LogP contribution in [0.15, 0.2) is 33.8 Å². The Morgan fingerprint density at radius 2 is 2.26 bits per heavy atom. The number of nitrogens with zero attached hydrogens (tertiary/aromatic N) is 3. The molecule has 7 nitrogen and oxygen atoms in total. The van der Waals surface area contributed by atoms with Gasteiger partial charge in [0.15, 0.2) is 11.7 Å². The highest BCUT2D eigenvalue weighted by Gasteiger charge is 2.11. The molecule has 3 N–H and O–H groups in total. The zero-order valence-electron chi connectivity index (χ0n) is 13.3. The number of carbonyl (C=O) groups is 1. The lowest BCUT2D eigenvalue weighted by molar-refractivity contribution is 0.0972. The third-order valence-electron chi connectivity index (χ3n) is 3.37. The number of nitrogens with one attached hydrogen (secondary N) is 1. The molecular weight excluding hydrogens is 318 g/mol. The molecule has 0 spiro atoms. The van der Waals surface area contributed by atoms with E-state index in [0.29, 0.717) is 29.8 Å². The average molecular weight is 338 g/mol. The summed E-state index contributed by atoms with van der Waals surface area (Å²) in [5.74, 6) is 0.858. The Hall–Kier alpha value is -2.41. The Labute approximate surface area is 139 Å². The maximum atomic E-state index is 11.0. The van der Waals surface area contributed by atoms with Crippen molar-refractivity contribution < 1.29 is 9.21 Å². The first kappa shape index (κ1) is 17.0. The van der Waals surface area contributed by atoms with E-state index in [1.54, 1.807) is 19.2 Å². The number of hydrogen-bond donors (Lipinski definition) is 2. The minimum atomic E-state index is -0.585. The molecule has 0 aliphatic heterocycles. The summed E-state index contributed by atoms with van der Waals surface area (Å²) in [5, 5.41) is 3.87. The molecule has 0 atom stereocenters. The van der Waals surface area contributed by atoms with E-state index in [4.69, 9.17) is 21.8 Å². The van der Waals surface area contributed by atoms with Crippen LogP contribution in [-0.4, -0.2) is 35.4 Å². The van der Waals surface area contributed by atoms with Crippen LogP contribution in [-0.2, 0) is 20.1 Å². The van der Waals surface area contributed by atoms with E-state index in [1.807, 2.05) is 35.8 Å². The van der Waals surface area contributed by atoms with E-state index in [9.17, 15) is 4.79 Å². The molecule has 2 aromatic heterocycles. The van der Waals surface area contributed by atoms with Gasteiger partial charge in [-0.15, -0.1) is 0 Å². The van der Waals surface area contributed by atoms with Gasteiger partial charge in [-0.25, -0.2) is 0 Å². The molecule has 124 valence electrons. The summed E-state index contributed by atoms with van der Waals surface area (Å²) >= 11 is 6.00. The quantitative estimate of drug-likeness (QED) is 0.640. The van der Waals surface area contributed by atoms with Gasteiger partial charge in [-0.05, 0) is 18.2 Å². The third-order valence-corrected chi connectivity index (χ3v) is 3.58. The fourth-order valence-electron chi connectivity index (χ4n) is 2.20. The molecule has 0 radical (unpaired) electrons. The van der Waals surface area contributed by atoms with Crippen molar-refractivity contribution in [3.05, 3.63) is 46.6 Å². The number of primary amides is 1. The molecule has 0 saturated carbocycles. The van der Waals surface area contributed by atoms with Crippen molar-refractivity contribution >= 4 is 23.5 Å². The van der Waals surface area contributed by atoms with Gasteiger partial charge >= 0.3 is 0 Å². The highest BCUT2D eigenvalue weighted by Crippen LogP contribution is 2.14. The van der Waals surface area contributed by atoms with Gasteiger partial charge in [0.2, 0.25) is 0 Å². The van der Waals surface area contributed by atoms with Crippen molar-refractivity contribution in [1.29, 1.82) is 0 Å². The fraction of sp³-hybridized carbons (Fsp3) is 0.333. The molecule has 0 aliphatic carbocycles. The van der Waals surface area contributed by atoms with E-state index >= 15 is 0 Å². The molecule has 0 aliphatic rings. The van der Waals surface area contributed by atoms with E-state index < -0.39 is 5.91 Å². The van der Waals surface area contributed by atoms with Crippen molar-refractivity contribution in [1.82, 2.24) is 14.8 Å². The molecule has 2 rings (SSSR count). The number of furan rings is 1. The molecule has 0 saturated heterocycles. The van der Waals surface area contributed by atoms with Gasteiger partial charge < -0.3 is 24.9 Å². The number of halogens is 1. The van der Waals surface area contributed by atoms with Gasteiger partial charge in [0, 0.05) is 33.0 Å². The molecular formula is C15H20ClN5O2. The molecule has 8 heteroatoms. The van der Waals surface area contributed by atoms with Crippen LogP contribution in [0.5, 0.6) is 0 Å². The summed E-state index contributed by atoms with van der Waals surface area (Å²) in [4.78, 5) is 17.2. The number of guanidine groups is 1. The molecule has 2 heterocycles. The van der Waals surface area contributed by atoms with Crippen molar-refractivity contribution in [3.8, 4) is 0 Å². The highest BCUT2D eigenvalue weighted by atomic mass is 35.5. The minimum absolute atomic E-state index is 0.142. The van der Waals surface area contributed by atoms with E-state index in [-0.39, 0.29) is 5.76 Å². The van der Waals surface area contributed by atoms with Gasteiger partial charge in [-0.1, -0.05) is 11.6 Å². The fourth-order valence-corrected chi connectivity index (χ4v) is 2.47. The van der Waals surface area contributed by atoms with E-state index in [1.165, 1.54) is 0 Å². The summed E-state index contributed by atoms with van der Waals surface area (Å²) < 4.78 is 7.30. The van der Waals surface area contributed by atoms with Gasteiger partial charge in [0.1, 0.15) is 5.76 Å². The summed E-state index contributed by atoms with van der Waals surface area (Å²) in [5.41, 5.74) is 6.23. The predicted molar refractivity (Wildman–Crippen MR) is 89.3 cm³/mol. The summed E-state index contributed by atoms with van der Waals surface area (Å²) in [7, 11) is 5.57. The molecule has 23 heavy (non-hydrogen) atoms. The van der Waals surface area contributed by atoms with Gasteiger partial charge in [0.25, 0.3) is 5.91 Å². The van der Waals surface area contributed by atoms with Crippen LogP contribution in [0.4, 0.5) is 0 Å². The van der Waals surface area contributed by atoms with Crippen LogP contribution in [0.25, 0.3) is 0 Å². The maximum absolute atomic E-state index is 11.0. The predicted octanol–water partition coefficient (Wildman–Crippen LogP) is 1.58. The third kappa shape index (κ3) is 4.29. The molecule has 0 aromatic carbocycles. The lowest BCUT2D eigenvalue weighted by atomic mass is 10.4. The van der Waals surface area contributed by atoms with Crippen molar-refractivity contribution in [2.75, 3.05) is 14.1 Å². The lowest BCUT2D eigenvalue weighted by Gasteiger charge is -2.22. The van der Waals surface area contributed by atoms with Crippen LogP contribution in [0, 0.1) is 0 Å². The van der Waals surface area contributed by atoms with E-state index in [0.717, 1.165) is 5.69 Å². The molecule has 0 fully saturated rings. The second kappa shape index (κ2) is 7.23. The maximum Gasteiger partial charge on any atom is 0.284 e. The topological polar surface area (TPSA) is 88.8 Å². The number of amides is 1. The molecule has 0 unspecified atom stereocenters. The Morgan fingerprint density at radius 3 is 2.78 bits per heavy atom. The van der Waals surface area contributed by atoms with Crippen LogP contribution in [0.1, 0.15) is 22.0 Å². The van der Waals surface area contributed by atoms with Crippen LogP contribution in [0.2, 0.25) is 5.02 Å². The number of hydrogen-bond acceptors (Lipinski definition) is 3. The Balaban J connectivity index is 1.96. The average Bonchev–Trinajstić information content (AvgIpc) is 3.07. The number of carbonyl (C=O) groups excluding carboxylic acids is 1. The standard InChI is InChI=1S/C15H20ClN5O2/c1-18-15(19-7-12-4-5-13(23-12)14(17)22)21(3)9-11-6-10(16)8-20(11)2/h4-6,8H,7,9H2,1-3H3,(H2,17,22)(H,18,19). The zero-order chi connectivity index (χ0) is 17.0. The number of nitrogens with two attached hydrogens (primary N) is 1. The minimum Gasteiger partial charge on any atom is -0.454 e. The summed E-state index contributed by atoms with van der Waals surface area (Å²) in [6, 6.07) is 5.17. The Bertz CT molecular complexity index is 719. The zero-order valence-corrected chi connectivity index (χ0v) is 14.1. The Morgan fingerprint density at radius 1 is 1.52 bits per heavy atom. The van der Waals surface area contributed by atoms with E-state index in [2.05, 4.69) is 10.3 Å². The van der Waals surface area contributed by atoms with Crippen LogP contribution >= 0.6 is 11.6 Å².